The molecule has 0 aliphatic rings. The van der Waals surface area contributed by atoms with Gasteiger partial charge in [-0.1, -0.05) is 0 Å². The third kappa shape index (κ3) is 5.17. The highest BCUT2D eigenvalue weighted by molar-refractivity contribution is 7.98. The lowest BCUT2D eigenvalue weighted by Crippen LogP contribution is -2.27. The van der Waals surface area contributed by atoms with Crippen molar-refractivity contribution in [3.8, 4) is 6.19 Å². The van der Waals surface area contributed by atoms with E-state index in [0.717, 1.165) is 17.2 Å². The minimum Gasteiger partial charge on any atom is -0.369 e. The molecule has 6 nitrogen and oxygen atoms in total. The second kappa shape index (κ2) is 7.48. The van der Waals surface area contributed by atoms with E-state index in [-0.39, 0.29) is 5.96 Å². The Morgan fingerprint density at radius 2 is 2.56 bits per heavy atom. The molecule has 16 heavy (non-hydrogen) atoms. The van der Waals surface area contributed by atoms with Gasteiger partial charge in [-0.25, -0.2) is 0 Å². The number of nitrogens with zero attached hydrogens (tertiary/aromatic N) is 4. The Bertz CT molecular complexity index is 371. The number of nitrogens with one attached hydrogen (secondary N) is 1. The summed E-state index contributed by atoms with van der Waals surface area (Å²) in [6.07, 6.45) is 3.35. The highest BCUT2D eigenvalue weighted by Gasteiger charge is 1.94. The third-order valence-corrected chi connectivity index (χ3v) is 2.55. The van der Waals surface area contributed by atoms with E-state index in [1.165, 1.54) is 0 Å². The fourth-order valence-corrected chi connectivity index (χ4v) is 1.64. The van der Waals surface area contributed by atoms with E-state index >= 15 is 0 Å². The molecular formula is C9H12N6S. The predicted molar refractivity (Wildman–Crippen MR) is 63.4 cm³/mol. The van der Waals surface area contributed by atoms with Crippen LogP contribution in [0.5, 0.6) is 0 Å². The van der Waals surface area contributed by atoms with E-state index in [1.54, 1.807) is 24.2 Å². The molecule has 1 rings (SSSR count). The van der Waals surface area contributed by atoms with Crippen molar-refractivity contribution in [3.05, 3.63) is 24.0 Å². The zero-order valence-corrected chi connectivity index (χ0v) is 9.44. The molecular weight excluding hydrogens is 224 g/mol. The quantitative estimate of drug-likeness (QED) is 0.247. The molecule has 0 saturated carbocycles. The lowest BCUT2D eigenvalue weighted by Gasteiger charge is -1.99. The summed E-state index contributed by atoms with van der Waals surface area (Å²) < 4.78 is 0. The zero-order valence-electron chi connectivity index (χ0n) is 8.63. The van der Waals surface area contributed by atoms with Crippen LogP contribution in [0.1, 0.15) is 5.69 Å². The number of hydrogen-bond donors (Lipinski definition) is 2. The van der Waals surface area contributed by atoms with Gasteiger partial charge in [-0.3, -0.25) is 10.3 Å². The van der Waals surface area contributed by atoms with Crippen LogP contribution in [0.15, 0.2) is 23.3 Å². The van der Waals surface area contributed by atoms with Gasteiger partial charge >= 0.3 is 0 Å². The Morgan fingerprint density at radius 1 is 1.69 bits per heavy atom. The van der Waals surface area contributed by atoms with Gasteiger partial charge in [0.25, 0.3) is 0 Å². The van der Waals surface area contributed by atoms with E-state index in [9.17, 15) is 0 Å². The van der Waals surface area contributed by atoms with Crippen LogP contribution in [0.4, 0.5) is 0 Å². The topological polar surface area (TPSA) is 100.0 Å². The molecule has 0 spiro atoms. The van der Waals surface area contributed by atoms with Gasteiger partial charge in [-0.05, 0) is 12.1 Å². The SMILES string of the molecule is N#CNC(N)=NCCSCc1cccnn1. The monoisotopic (exact) mass is 236 g/mol. The first-order valence-corrected chi connectivity index (χ1v) is 5.77. The molecule has 1 aromatic rings. The van der Waals surface area contributed by atoms with Gasteiger partial charge in [-0.15, -0.1) is 0 Å². The van der Waals surface area contributed by atoms with Crippen LogP contribution >= 0.6 is 11.8 Å². The number of rotatable bonds is 5. The summed E-state index contributed by atoms with van der Waals surface area (Å²) in [7, 11) is 0. The van der Waals surface area contributed by atoms with Crippen LogP contribution in [0.2, 0.25) is 0 Å². The highest BCUT2D eigenvalue weighted by Crippen LogP contribution is 2.07. The Morgan fingerprint density at radius 3 is 3.25 bits per heavy atom. The van der Waals surface area contributed by atoms with E-state index in [2.05, 4.69) is 20.5 Å². The number of thioether (sulfide) groups is 1. The number of aromatic nitrogens is 2. The van der Waals surface area contributed by atoms with E-state index in [4.69, 9.17) is 11.0 Å². The molecule has 0 aliphatic carbocycles. The molecule has 7 heteroatoms. The van der Waals surface area contributed by atoms with Crippen molar-refractivity contribution in [2.24, 2.45) is 10.7 Å². The summed E-state index contributed by atoms with van der Waals surface area (Å²) in [5, 5.41) is 18.2. The summed E-state index contributed by atoms with van der Waals surface area (Å²) in [6, 6.07) is 3.78. The van der Waals surface area contributed by atoms with Crippen molar-refractivity contribution in [1.29, 1.82) is 5.26 Å². The fourth-order valence-electron chi connectivity index (χ4n) is 0.915. The normalized spacial score (nSPS) is 10.8. The summed E-state index contributed by atoms with van der Waals surface area (Å²) in [6.45, 7) is 0.575. The Balaban J connectivity index is 2.13. The van der Waals surface area contributed by atoms with Crippen LogP contribution in [-0.4, -0.2) is 28.5 Å². The number of nitrogens with two attached hydrogens (primary N) is 1. The Hall–Kier alpha value is -1.81. The number of aliphatic imine (C=N–C) groups is 1. The second-order valence-corrected chi connectivity index (χ2v) is 3.88. The van der Waals surface area contributed by atoms with Gasteiger partial charge in [0, 0.05) is 17.7 Å². The van der Waals surface area contributed by atoms with E-state index in [0.29, 0.717) is 6.54 Å². The molecule has 0 fully saturated rings. The van der Waals surface area contributed by atoms with Crippen LogP contribution in [0, 0.1) is 11.5 Å². The molecule has 0 atom stereocenters. The first kappa shape index (κ1) is 12.3. The summed E-state index contributed by atoms with van der Waals surface area (Å²) in [5.41, 5.74) is 6.31. The fraction of sp³-hybridized carbons (Fsp3) is 0.333. The van der Waals surface area contributed by atoms with Gasteiger partial charge in [0.2, 0.25) is 5.96 Å². The molecule has 84 valence electrons. The Labute approximate surface area is 98.0 Å². The smallest absolute Gasteiger partial charge is 0.202 e. The molecule has 0 saturated heterocycles. The lowest BCUT2D eigenvalue weighted by atomic mass is 10.4. The minimum atomic E-state index is 0.155. The molecule has 1 aromatic heterocycles. The van der Waals surface area contributed by atoms with Crippen molar-refractivity contribution in [2.45, 2.75) is 5.75 Å². The summed E-state index contributed by atoms with van der Waals surface area (Å²) >= 11 is 1.69. The third-order valence-electron chi connectivity index (χ3n) is 1.58. The van der Waals surface area contributed by atoms with Crippen molar-refractivity contribution in [3.63, 3.8) is 0 Å². The van der Waals surface area contributed by atoms with Crippen molar-refractivity contribution in [2.75, 3.05) is 12.3 Å². The largest absolute Gasteiger partial charge is 0.369 e. The molecule has 0 radical (unpaired) electrons. The van der Waals surface area contributed by atoms with Gasteiger partial charge < -0.3 is 5.73 Å². The molecule has 3 N–H and O–H groups in total. The van der Waals surface area contributed by atoms with Crippen LogP contribution in [0.3, 0.4) is 0 Å². The number of guanidine groups is 1. The van der Waals surface area contributed by atoms with Crippen LogP contribution < -0.4 is 11.1 Å². The van der Waals surface area contributed by atoms with Crippen molar-refractivity contribution in [1.82, 2.24) is 15.5 Å². The van der Waals surface area contributed by atoms with Gasteiger partial charge in [0.15, 0.2) is 6.19 Å². The minimum absolute atomic E-state index is 0.155. The van der Waals surface area contributed by atoms with Crippen molar-refractivity contribution < 1.29 is 0 Å². The Kier molecular flexibility index (Phi) is 5.73. The molecule has 1 heterocycles. The summed E-state index contributed by atoms with van der Waals surface area (Å²) in [5.74, 6) is 1.78. The van der Waals surface area contributed by atoms with Crippen molar-refractivity contribution >= 4 is 17.7 Å². The van der Waals surface area contributed by atoms with E-state index in [1.807, 2.05) is 12.1 Å². The van der Waals surface area contributed by atoms with E-state index < -0.39 is 0 Å². The highest BCUT2D eigenvalue weighted by atomic mass is 32.2. The zero-order chi connectivity index (χ0) is 11.6. The average molecular weight is 236 g/mol. The first-order valence-electron chi connectivity index (χ1n) is 4.62. The summed E-state index contributed by atoms with van der Waals surface area (Å²) in [4.78, 5) is 3.95. The molecule has 0 aliphatic heterocycles. The average Bonchev–Trinajstić information content (AvgIpc) is 2.30. The maximum absolute atomic E-state index is 8.25. The van der Waals surface area contributed by atoms with Crippen LogP contribution in [-0.2, 0) is 5.75 Å². The lowest BCUT2D eigenvalue weighted by molar-refractivity contribution is 0.970. The first-order chi connectivity index (χ1) is 7.83. The number of hydrogen-bond acceptors (Lipinski definition) is 5. The molecule has 0 aromatic carbocycles. The van der Waals surface area contributed by atoms with Crippen LogP contribution in [0.25, 0.3) is 0 Å². The molecule has 0 unspecified atom stereocenters. The maximum atomic E-state index is 8.25. The van der Waals surface area contributed by atoms with Gasteiger partial charge in [-0.2, -0.15) is 27.2 Å². The standard InChI is InChI=1S/C9H12N6S/c10-7-13-9(11)12-4-5-16-6-8-2-1-3-14-15-8/h1-3H,4-6H2,(H3,11,12,13). The number of nitriles is 1. The van der Waals surface area contributed by atoms with Gasteiger partial charge in [0.1, 0.15) is 0 Å². The molecule has 0 bridgehead atoms. The predicted octanol–water partition coefficient (Wildman–Crippen LogP) is 0.0952. The molecule has 0 amide bonds. The van der Waals surface area contributed by atoms with Gasteiger partial charge in [0.05, 0.1) is 12.2 Å². The maximum Gasteiger partial charge on any atom is 0.202 e. The second-order valence-electron chi connectivity index (χ2n) is 2.77.